The fourth-order valence-corrected chi connectivity index (χ4v) is 1.86. The molecular formula is C9H10N4S. The van der Waals surface area contributed by atoms with Gasteiger partial charge in [-0.1, -0.05) is 17.8 Å². The van der Waals surface area contributed by atoms with Crippen LogP contribution in [-0.2, 0) is 12.8 Å². The Morgan fingerprint density at radius 3 is 3.07 bits per heavy atom. The van der Waals surface area contributed by atoms with Gasteiger partial charge in [0, 0.05) is 25.2 Å². The number of aromatic nitrogens is 4. The molecule has 5 heteroatoms. The number of rotatable bonds is 3. The van der Waals surface area contributed by atoms with Crippen molar-refractivity contribution in [2.24, 2.45) is 7.05 Å². The minimum atomic E-state index is 0.875. The first-order valence-corrected chi connectivity index (χ1v) is 5.20. The molecule has 2 aromatic rings. The molecule has 72 valence electrons. The molecule has 0 spiro atoms. The van der Waals surface area contributed by atoms with Gasteiger partial charge >= 0.3 is 0 Å². The topological polar surface area (TPSA) is 43.6 Å². The highest BCUT2D eigenvalue weighted by Gasteiger charge is 2.01. The molecule has 2 rings (SSSR count). The normalized spacial score (nSPS) is 10.4. The molecule has 0 aliphatic rings. The van der Waals surface area contributed by atoms with Crippen molar-refractivity contribution in [2.75, 3.05) is 0 Å². The van der Waals surface area contributed by atoms with E-state index < -0.39 is 0 Å². The molecule has 0 radical (unpaired) electrons. The van der Waals surface area contributed by atoms with Crippen molar-refractivity contribution >= 4 is 11.8 Å². The Morgan fingerprint density at radius 1 is 1.50 bits per heavy atom. The second-order valence-corrected chi connectivity index (χ2v) is 3.82. The number of nitrogens with zero attached hydrogens (tertiary/aromatic N) is 4. The highest BCUT2D eigenvalue weighted by Crippen LogP contribution is 2.18. The Balaban J connectivity index is 1.99. The lowest BCUT2D eigenvalue weighted by atomic mass is 10.3. The van der Waals surface area contributed by atoms with E-state index in [-0.39, 0.29) is 0 Å². The minimum absolute atomic E-state index is 0.875. The lowest BCUT2D eigenvalue weighted by Crippen LogP contribution is -1.89. The second kappa shape index (κ2) is 4.23. The molecule has 0 aromatic carbocycles. The zero-order valence-electron chi connectivity index (χ0n) is 7.79. The maximum atomic E-state index is 4.05. The van der Waals surface area contributed by atoms with Crippen LogP contribution >= 0.6 is 11.8 Å². The highest BCUT2D eigenvalue weighted by atomic mass is 32.2. The van der Waals surface area contributed by atoms with Crippen LogP contribution in [0.1, 0.15) is 5.56 Å². The fourth-order valence-electron chi connectivity index (χ4n) is 1.03. The average molecular weight is 206 g/mol. The van der Waals surface area contributed by atoms with Gasteiger partial charge in [-0.15, -0.1) is 10.2 Å². The first kappa shape index (κ1) is 9.21. The zero-order valence-corrected chi connectivity index (χ0v) is 8.61. The smallest absolute Gasteiger partial charge is 0.191 e. The van der Waals surface area contributed by atoms with E-state index in [4.69, 9.17) is 0 Å². The Morgan fingerprint density at radius 2 is 2.43 bits per heavy atom. The summed E-state index contributed by atoms with van der Waals surface area (Å²) in [7, 11) is 1.94. The van der Waals surface area contributed by atoms with E-state index in [1.807, 2.05) is 23.9 Å². The monoisotopic (exact) mass is 206 g/mol. The first-order valence-electron chi connectivity index (χ1n) is 4.22. The van der Waals surface area contributed by atoms with Gasteiger partial charge in [-0.05, 0) is 11.6 Å². The van der Waals surface area contributed by atoms with E-state index in [0.717, 1.165) is 10.9 Å². The summed E-state index contributed by atoms with van der Waals surface area (Å²) in [5.74, 6) is 0.875. The summed E-state index contributed by atoms with van der Waals surface area (Å²) in [5.41, 5.74) is 1.19. The Labute approximate surface area is 86.4 Å². The molecule has 0 unspecified atom stereocenters. The molecule has 0 saturated carbocycles. The minimum Gasteiger partial charge on any atom is -0.312 e. The standard InChI is InChI=1S/C9H10N4S/c1-13-7-11-12-9(13)14-6-8-3-2-4-10-5-8/h2-5,7H,6H2,1H3. The van der Waals surface area contributed by atoms with E-state index in [1.165, 1.54) is 5.56 Å². The maximum absolute atomic E-state index is 4.05. The molecule has 4 nitrogen and oxygen atoms in total. The van der Waals surface area contributed by atoms with Gasteiger partial charge < -0.3 is 4.57 Å². The van der Waals surface area contributed by atoms with Gasteiger partial charge in [0.05, 0.1) is 0 Å². The van der Waals surface area contributed by atoms with Gasteiger partial charge in [0.1, 0.15) is 6.33 Å². The van der Waals surface area contributed by atoms with Crippen molar-refractivity contribution in [3.63, 3.8) is 0 Å². The molecule has 14 heavy (non-hydrogen) atoms. The average Bonchev–Trinajstić information content (AvgIpc) is 2.63. The summed E-state index contributed by atoms with van der Waals surface area (Å²) in [6.45, 7) is 0. The van der Waals surface area contributed by atoms with Crippen LogP contribution in [-0.4, -0.2) is 19.7 Å². The molecule has 0 bridgehead atoms. The van der Waals surface area contributed by atoms with Crippen LogP contribution in [0.3, 0.4) is 0 Å². The molecule has 0 fully saturated rings. The van der Waals surface area contributed by atoms with Crippen molar-refractivity contribution in [1.82, 2.24) is 19.7 Å². The molecule has 0 atom stereocenters. The summed E-state index contributed by atoms with van der Waals surface area (Å²) in [6.07, 6.45) is 5.34. The Bertz CT molecular complexity index is 398. The van der Waals surface area contributed by atoms with Crippen LogP contribution in [0, 0.1) is 0 Å². The number of thioether (sulfide) groups is 1. The molecule has 2 heterocycles. The molecule has 0 N–H and O–H groups in total. The lowest BCUT2D eigenvalue weighted by molar-refractivity contribution is 0.788. The molecule has 2 aromatic heterocycles. The summed E-state index contributed by atoms with van der Waals surface area (Å²) in [5, 5.41) is 8.72. The van der Waals surface area contributed by atoms with Crippen molar-refractivity contribution < 1.29 is 0 Å². The van der Waals surface area contributed by atoms with Crippen LogP contribution < -0.4 is 0 Å². The summed E-state index contributed by atoms with van der Waals surface area (Å²) in [6, 6.07) is 3.99. The summed E-state index contributed by atoms with van der Waals surface area (Å²) >= 11 is 1.66. The fraction of sp³-hybridized carbons (Fsp3) is 0.222. The molecule has 0 aliphatic heterocycles. The Hall–Kier alpha value is -1.36. The quantitative estimate of drug-likeness (QED) is 0.714. The molecule has 0 aliphatic carbocycles. The highest BCUT2D eigenvalue weighted by molar-refractivity contribution is 7.98. The van der Waals surface area contributed by atoms with Crippen LogP contribution in [0.5, 0.6) is 0 Å². The maximum Gasteiger partial charge on any atom is 0.191 e. The Kier molecular flexibility index (Phi) is 2.78. The van der Waals surface area contributed by atoms with Gasteiger partial charge in [-0.2, -0.15) is 0 Å². The number of aryl methyl sites for hydroxylation is 1. The van der Waals surface area contributed by atoms with Crippen LogP contribution in [0.2, 0.25) is 0 Å². The van der Waals surface area contributed by atoms with Crippen LogP contribution in [0.4, 0.5) is 0 Å². The lowest BCUT2D eigenvalue weighted by Gasteiger charge is -1.99. The number of hydrogen-bond acceptors (Lipinski definition) is 4. The van der Waals surface area contributed by atoms with Gasteiger partial charge in [-0.25, -0.2) is 0 Å². The van der Waals surface area contributed by atoms with Crippen molar-refractivity contribution in [1.29, 1.82) is 0 Å². The van der Waals surface area contributed by atoms with Crippen LogP contribution in [0.25, 0.3) is 0 Å². The molecular weight excluding hydrogens is 196 g/mol. The third-order valence-electron chi connectivity index (χ3n) is 1.76. The number of hydrogen-bond donors (Lipinski definition) is 0. The van der Waals surface area contributed by atoms with Crippen molar-refractivity contribution in [2.45, 2.75) is 10.9 Å². The van der Waals surface area contributed by atoms with Gasteiger partial charge in [0.15, 0.2) is 5.16 Å². The summed E-state index contributed by atoms with van der Waals surface area (Å²) < 4.78 is 1.90. The van der Waals surface area contributed by atoms with Crippen molar-refractivity contribution in [3.8, 4) is 0 Å². The zero-order chi connectivity index (χ0) is 9.80. The first-order chi connectivity index (χ1) is 6.86. The SMILES string of the molecule is Cn1cnnc1SCc1cccnc1. The van der Waals surface area contributed by atoms with E-state index in [9.17, 15) is 0 Å². The van der Waals surface area contributed by atoms with Crippen LogP contribution in [0.15, 0.2) is 36.0 Å². The van der Waals surface area contributed by atoms with Gasteiger partial charge in [0.2, 0.25) is 0 Å². The van der Waals surface area contributed by atoms with Crippen molar-refractivity contribution in [3.05, 3.63) is 36.4 Å². The van der Waals surface area contributed by atoms with E-state index >= 15 is 0 Å². The number of pyridine rings is 1. The third-order valence-corrected chi connectivity index (χ3v) is 2.87. The molecule has 0 saturated heterocycles. The van der Waals surface area contributed by atoms with E-state index in [0.29, 0.717) is 0 Å². The third kappa shape index (κ3) is 2.11. The summed E-state index contributed by atoms with van der Waals surface area (Å²) in [4.78, 5) is 4.05. The molecule has 0 amide bonds. The van der Waals surface area contributed by atoms with E-state index in [1.54, 1.807) is 24.3 Å². The second-order valence-electron chi connectivity index (χ2n) is 2.87. The predicted octanol–water partition coefficient (Wildman–Crippen LogP) is 1.50. The van der Waals surface area contributed by atoms with Gasteiger partial charge in [0.25, 0.3) is 0 Å². The van der Waals surface area contributed by atoms with Gasteiger partial charge in [-0.3, -0.25) is 4.98 Å². The largest absolute Gasteiger partial charge is 0.312 e. The predicted molar refractivity (Wildman–Crippen MR) is 54.8 cm³/mol. The van der Waals surface area contributed by atoms with E-state index in [2.05, 4.69) is 21.2 Å².